The van der Waals surface area contributed by atoms with Crippen LogP contribution in [0.2, 0.25) is 0 Å². The third-order valence-corrected chi connectivity index (χ3v) is 3.30. The number of hydrogen-bond donors (Lipinski definition) is 1. The van der Waals surface area contributed by atoms with Gasteiger partial charge in [-0.2, -0.15) is 0 Å². The van der Waals surface area contributed by atoms with Crippen molar-refractivity contribution in [2.24, 2.45) is 0 Å². The van der Waals surface area contributed by atoms with E-state index in [9.17, 15) is 4.79 Å². The van der Waals surface area contributed by atoms with Gasteiger partial charge in [0.1, 0.15) is 11.4 Å². The summed E-state index contributed by atoms with van der Waals surface area (Å²) in [5.74, 6) is 0.838. The van der Waals surface area contributed by atoms with E-state index >= 15 is 0 Å². The Kier molecular flexibility index (Phi) is 4.76. The number of alkyl halides is 1. The highest BCUT2D eigenvalue weighted by Gasteiger charge is 2.10. The number of rotatable bonds is 5. The molecule has 0 radical (unpaired) electrons. The van der Waals surface area contributed by atoms with Gasteiger partial charge >= 0.3 is 0 Å². The van der Waals surface area contributed by atoms with Crippen molar-refractivity contribution < 1.29 is 9.53 Å². The predicted octanol–water partition coefficient (Wildman–Crippen LogP) is 3.53. The maximum absolute atomic E-state index is 11.9. The fourth-order valence-electron chi connectivity index (χ4n) is 1.58. The fourth-order valence-corrected chi connectivity index (χ4v) is 2.32. The van der Waals surface area contributed by atoms with Gasteiger partial charge in [-0.1, -0.05) is 0 Å². The standard InChI is InChI=1S/C13H13ClN2O2S/c1-2-18-12-4-3-10(5-9(12)6-14)16-13(17)11-7-19-8-15-11/h3-5,7-8H,2,6H2,1H3,(H,16,17). The summed E-state index contributed by atoms with van der Waals surface area (Å²) < 4.78 is 5.45. The molecule has 6 heteroatoms. The summed E-state index contributed by atoms with van der Waals surface area (Å²) in [6.07, 6.45) is 0. The second-order valence-electron chi connectivity index (χ2n) is 3.72. The van der Waals surface area contributed by atoms with E-state index < -0.39 is 0 Å². The van der Waals surface area contributed by atoms with Crippen molar-refractivity contribution in [3.05, 3.63) is 40.3 Å². The van der Waals surface area contributed by atoms with Gasteiger partial charge in [0.2, 0.25) is 0 Å². The molecular formula is C13H13ClN2O2S. The number of halogens is 1. The Bertz CT molecular complexity index is 558. The van der Waals surface area contributed by atoms with Crippen molar-refractivity contribution in [3.63, 3.8) is 0 Å². The lowest BCUT2D eigenvalue weighted by atomic mass is 10.2. The third-order valence-electron chi connectivity index (χ3n) is 2.43. The number of nitrogens with one attached hydrogen (secondary N) is 1. The van der Waals surface area contributed by atoms with Crippen molar-refractivity contribution in [1.29, 1.82) is 0 Å². The maximum Gasteiger partial charge on any atom is 0.275 e. The summed E-state index contributed by atoms with van der Waals surface area (Å²) in [7, 11) is 0. The minimum absolute atomic E-state index is 0.231. The number of benzene rings is 1. The van der Waals surface area contributed by atoms with Gasteiger partial charge < -0.3 is 10.1 Å². The Labute approximate surface area is 120 Å². The molecule has 2 aromatic rings. The summed E-state index contributed by atoms with van der Waals surface area (Å²) in [6.45, 7) is 2.49. The molecule has 0 unspecified atom stereocenters. The van der Waals surface area contributed by atoms with E-state index in [1.54, 1.807) is 23.0 Å². The zero-order valence-corrected chi connectivity index (χ0v) is 11.9. The van der Waals surface area contributed by atoms with Crippen LogP contribution < -0.4 is 10.1 Å². The summed E-state index contributed by atoms with van der Waals surface area (Å²) in [5.41, 5.74) is 3.56. The monoisotopic (exact) mass is 296 g/mol. The van der Waals surface area contributed by atoms with Gasteiger partial charge in [0, 0.05) is 16.6 Å². The highest BCUT2D eigenvalue weighted by atomic mass is 35.5. The van der Waals surface area contributed by atoms with E-state index in [0.717, 1.165) is 11.3 Å². The minimum Gasteiger partial charge on any atom is -0.494 e. The molecule has 0 saturated carbocycles. The highest BCUT2D eigenvalue weighted by Crippen LogP contribution is 2.24. The molecule has 0 fully saturated rings. The molecule has 1 aromatic carbocycles. The number of hydrogen-bond acceptors (Lipinski definition) is 4. The van der Waals surface area contributed by atoms with Gasteiger partial charge in [-0.25, -0.2) is 4.98 Å². The van der Waals surface area contributed by atoms with Gasteiger partial charge in [0.25, 0.3) is 5.91 Å². The number of carbonyl (C=O) groups is 1. The molecular weight excluding hydrogens is 284 g/mol. The quantitative estimate of drug-likeness (QED) is 0.859. The van der Waals surface area contributed by atoms with Crippen LogP contribution in [-0.4, -0.2) is 17.5 Å². The SMILES string of the molecule is CCOc1ccc(NC(=O)c2cscn2)cc1CCl. The Morgan fingerprint density at radius 2 is 2.37 bits per heavy atom. The smallest absolute Gasteiger partial charge is 0.275 e. The lowest BCUT2D eigenvalue weighted by Crippen LogP contribution is -2.12. The van der Waals surface area contributed by atoms with Crippen LogP contribution in [0, 0.1) is 0 Å². The maximum atomic E-state index is 11.9. The van der Waals surface area contributed by atoms with E-state index in [-0.39, 0.29) is 5.91 Å². The molecule has 0 aliphatic carbocycles. The van der Waals surface area contributed by atoms with Gasteiger partial charge in [-0.05, 0) is 25.1 Å². The number of anilines is 1. The summed E-state index contributed by atoms with van der Waals surface area (Å²) in [5, 5.41) is 4.48. The van der Waals surface area contributed by atoms with E-state index in [2.05, 4.69) is 10.3 Å². The molecule has 0 atom stereocenters. The van der Waals surface area contributed by atoms with E-state index in [1.807, 2.05) is 13.0 Å². The molecule has 2 rings (SSSR count). The number of carbonyl (C=O) groups excluding carboxylic acids is 1. The minimum atomic E-state index is -0.231. The van der Waals surface area contributed by atoms with Gasteiger partial charge in [-0.15, -0.1) is 22.9 Å². The van der Waals surface area contributed by atoms with Crippen LogP contribution in [-0.2, 0) is 5.88 Å². The first-order valence-corrected chi connectivity index (χ1v) is 7.23. The molecule has 1 aromatic heterocycles. The number of thiazole rings is 1. The van der Waals surface area contributed by atoms with Crippen LogP contribution >= 0.6 is 22.9 Å². The highest BCUT2D eigenvalue weighted by molar-refractivity contribution is 7.07. The normalized spacial score (nSPS) is 10.2. The van der Waals surface area contributed by atoms with Crippen molar-refractivity contribution in [2.45, 2.75) is 12.8 Å². The van der Waals surface area contributed by atoms with Crippen LogP contribution in [0.4, 0.5) is 5.69 Å². The Hall–Kier alpha value is -1.59. The number of ether oxygens (including phenoxy) is 1. The lowest BCUT2D eigenvalue weighted by molar-refractivity contribution is 0.102. The Morgan fingerprint density at radius 3 is 3.00 bits per heavy atom. The summed E-state index contributed by atoms with van der Waals surface area (Å²) in [6, 6.07) is 5.39. The predicted molar refractivity (Wildman–Crippen MR) is 77.2 cm³/mol. The Morgan fingerprint density at radius 1 is 1.53 bits per heavy atom. The van der Waals surface area contributed by atoms with Crippen LogP contribution in [0.15, 0.2) is 29.1 Å². The molecule has 1 N–H and O–H groups in total. The Balaban J connectivity index is 2.15. The molecule has 1 amide bonds. The summed E-state index contributed by atoms with van der Waals surface area (Å²) >= 11 is 7.25. The molecule has 19 heavy (non-hydrogen) atoms. The number of amides is 1. The third kappa shape index (κ3) is 3.45. The van der Waals surface area contributed by atoms with Crippen molar-refractivity contribution in [1.82, 2.24) is 4.98 Å². The summed E-state index contributed by atoms with van der Waals surface area (Å²) in [4.78, 5) is 15.8. The van der Waals surface area contributed by atoms with Gasteiger partial charge in [-0.3, -0.25) is 4.79 Å². The molecule has 0 bridgehead atoms. The average Bonchev–Trinajstić information content (AvgIpc) is 2.94. The molecule has 0 aliphatic rings. The number of nitrogens with zero attached hydrogens (tertiary/aromatic N) is 1. The molecule has 4 nitrogen and oxygen atoms in total. The van der Waals surface area contributed by atoms with Crippen molar-refractivity contribution in [3.8, 4) is 5.75 Å². The molecule has 0 spiro atoms. The molecule has 100 valence electrons. The fraction of sp³-hybridized carbons (Fsp3) is 0.231. The lowest BCUT2D eigenvalue weighted by Gasteiger charge is -2.10. The molecule has 0 aliphatic heterocycles. The number of aromatic nitrogens is 1. The first kappa shape index (κ1) is 13.8. The van der Waals surface area contributed by atoms with Crippen molar-refractivity contribution in [2.75, 3.05) is 11.9 Å². The van der Waals surface area contributed by atoms with E-state index in [1.165, 1.54) is 11.3 Å². The van der Waals surface area contributed by atoms with Crippen molar-refractivity contribution >= 4 is 34.5 Å². The largest absolute Gasteiger partial charge is 0.494 e. The van der Waals surface area contributed by atoms with Crippen LogP contribution in [0.1, 0.15) is 23.0 Å². The average molecular weight is 297 g/mol. The van der Waals surface area contributed by atoms with Crippen LogP contribution in [0.5, 0.6) is 5.75 Å². The zero-order chi connectivity index (χ0) is 13.7. The van der Waals surface area contributed by atoms with E-state index in [4.69, 9.17) is 16.3 Å². The van der Waals surface area contributed by atoms with E-state index in [0.29, 0.717) is 23.9 Å². The topological polar surface area (TPSA) is 51.2 Å². The first-order valence-electron chi connectivity index (χ1n) is 5.75. The molecule has 1 heterocycles. The second kappa shape index (κ2) is 6.54. The molecule has 0 saturated heterocycles. The van der Waals surface area contributed by atoms with Gasteiger partial charge in [0.15, 0.2) is 0 Å². The van der Waals surface area contributed by atoms with Crippen LogP contribution in [0.3, 0.4) is 0 Å². The first-order chi connectivity index (χ1) is 9.24. The van der Waals surface area contributed by atoms with Gasteiger partial charge in [0.05, 0.1) is 18.0 Å². The second-order valence-corrected chi connectivity index (χ2v) is 4.70. The zero-order valence-electron chi connectivity index (χ0n) is 10.4. The van der Waals surface area contributed by atoms with Crippen LogP contribution in [0.25, 0.3) is 0 Å².